The summed E-state index contributed by atoms with van der Waals surface area (Å²) in [5.74, 6) is -1.08. The van der Waals surface area contributed by atoms with Gasteiger partial charge in [0.05, 0.1) is 4.90 Å². The fourth-order valence-electron chi connectivity index (χ4n) is 2.74. The first-order valence-electron chi connectivity index (χ1n) is 8.03. The summed E-state index contributed by atoms with van der Waals surface area (Å²) in [6.45, 7) is 5.37. The molecule has 3 N–H and O–H groups in total. The molecule has 0 fully saturated rings. The van der Waals surface area contributed by atoms with Gasteiger partial charge in [0.2, 0.25) is 21.8 Å². The Kier molecular flexibility index (Phi) is 6.12. The molecule has 0 saturated heterocycles. The van der Waals surface area contributed by atoms with Gasteiger partial charge in [-0.1, -0.05) is 32.9 Å². The molecule has 1 aliphatic heterocycles. The van der Waals surface area contributed by atoms with Crippen LogP contribution >= 0.6 is 11.8 Å². The number of nitrogens with two attached hydrogens (primary N) is 1. The second kappa shape index (κ2) is 7.76. The van der Waals surface area contributed by atoms with Gasteiger partial charge in [0.15, 0.2) is 0 Å². The topological polar surface area (TPSA) is 110 Å². The number of primary amides is 1. The second-order valence-corrected chi connectivity index (χ2v) is 9.04. The number of amides is 2. The first-order valence-corrected chi connectivity index (χ1v) is 10.5. The SMILES string of the molecule is CCN1[C@H](C(=O)N[C@H](C(N)=O)C(C)C)CSc2ccccc2S1(=O)=O. The maximum Gasteiger partial charge on any atom is 0.244 e. The minimum absolute atomic E-state index is 0.151. The number of fused-ring (bicyclic) bond motifs is 1. The molecule has 1 aromatic rings. The van der Waals surface area contributed by atoms with E-state index in [1.54, 1.807) is 45.0 Å². The lowest BCUT2D eigenvalue weighted by atomic mass is 10.0. The van der Waals surface area contributed by atoms with Gasteiger partial charge < -0.3 is 11.1 Å². The average Bonchev–Trinajstić information content (AvgIpc) is 2.66. The zero-order valence-corrected chi connectivity index (χ0v) is 16.1. The van der Waals surface area contributed by atoms with Crippen LogP contribution in [0.5, 0.6) is 0 Å². The molecule has 2 atom stereocenters. The van der Waals surface area contributed by atoms with Crippen molar-refractivity contribution >= 4 is 33.6 Å². The third-order valence-electron chi connectivity index (χ3n) is 4.07. The lowest BCUT2D eigenvalue weighted by molar-refractivity contribution is -0.130. The number of sulfonamides is 1. The van der Waals surface area contributed by atoms with E-state index in [9.17, 15) is 18.0 Å². The van der Waals surface area contributed by atoms with Crippen LogP contribution in [0.2, 0.25) is 0 Å². The van der Waals surface area contributed by atoms with Gasteiger partial charge in [0.1, 0.15) is 12.1 Å². The monoisotopic (exact) mass is 385 g/mol. The van der Waals surface area contributed by atoms with E-state index in [0.717, 1.165) is 0 Å². The number of thioether (sulfide) groups is 1. The number of carbonyl (C=O) groups excluding carboxylic acids is 2. The van der Waals surface area contributed by atoms with Crippen LogP contribution in [0.4, 0.5) is 0 Å². The molecule has 0 aromatic heterocycles. The molecule has 1 aliphatic rings. The van der Waals surface area contributed by atoms with Crippen molar-refractivity contribution in [2.24, 2.45) is 11.7 Å². The molecule has 0 aliphatic carbocycles. The van der Waals surface area contributed by atoms with Gasteiger partial charge in [-0.2, -0.15) is 4.31 Å². The van der Waals surface area contributed by atoms with Crippen molar-refractivity contribution in [2.45, 2.75) is 42.6 Å². The van der Waals surface area contributed by atoms with Crippen LogP contribution in [0, 0.1) is 5.92 Å². The number of rotatable bonds is 5. The van der Waals surface area contributed by atoms with E-state index in [4.69, 9.17) is 5.73 Å². The van der Waals surface area contributed by atoms with Crippen LogP contribution in [0.15, 0.2) is 34.1 Å². The minimum atomic E-state index is -3.80. The highest BCUT2D eigenvalue weighted by atomic mass is 32.2. The van der Waals surface area contributed by atoms with E-state index in [2.05, 4.69) is 5.32 Å². The van der Waals surface area contributed by atoms with Gasteiger partial charge in [0.25, 0.3) is 0 Å². The quantitative estimate of drug-likeness (QED) is 0.779. The summed E-state index contributed by atoms with van der Waals surface area (Å²) in [5, 5.41) is 2.61. The average molecular weight is 386 g/mol. The normalized spacial score (nSPS) is 21.2. The maximum atomic E-state index is 13.0. The third kappa shape index (κ3) is 3.99. The van der Waals surface area contributed by atoms with E-state index in [1.165, 1.54) is 16.1 Å². The molecule has 2 rings (SSSR count). The highest BCUT2D eigenvalue weighted by molar-refractivity contribution is 8.00. The van der Waals surface area contributed by atoms with E-state index in [1.807, 2.05) is 0 Å². The molecule has 0 radical (unpaired) electrons. The van der Waals surface area contributed by atoms with Crippen LogP contribution < -0.4 is 11.1 Å². The molecule has 2 amide bonds. The van der Waals surface area contributed by atoms with Gasteiger partial charge in [-0.05, 0) is 18.1 Å². The summed E-state index contributed by atoms with van der Waals surface area (Å²) in [4.78, 5) is 25.1. The maximum absolute atomic E-state index is 13.0. The van der Waals surface area contributed by atoms with Crippen molar-refractivity contribution < 1.29 is 18.0 Å². The summed E-state index contributed by atoms with van der Waals surface area (Å²) in [6.07, 6.45) is 0. The Hall–Kier alpha value is -1.58. The standard InChI is InChI=1S/C16H23N3O4S2/c1-4-19-11(16(21)18-14(10(2)3)15(17)20)9-24-12-7-5-6-8-13(12)25(19,22)23/h5-8,10-11,14H,4,9H2,1-3H3,(H2,17,20)(H,18,21)/t11-,14-/m0/s1. The molecule has 138 valence electrons. The molecule has 0 saturated carbocycles. The van der Waals surface area contributed by atoms with E-state index in [-0.39, 0.29) is 23.1 Å². The van der Waals surface area contributed by atoms with Crippen molar-refractivity contribution in [1.29, 1.82) is 0 Å². The Morgan fingerprint density at radius 1 is 1.36 bits per heavy atom. The van der Waals surface area contributed by atoms with Crippen LogP contribution in [0.25, 0.3) is 0 Å². The van der Waals surface area contributed by atoms with Crippen LogP contribution in [0.3, 0.4) is 0 Å². The summed E-state index contributed by atoms with van der Waals surface area (Å²) < 4.78 is 27.1. The van der Waals surface area contributed by atoms with E-state index < -0.39 is 33.9 Å². The number of carbonyl (C=O) groups is 2. The number of hydrogen-bond acceptors (Lipinski definition) is 5. The molecule has 1 heterocycles. The number of nitrogens with one attached hydrogen (secondary N) is 1. The molecule has 1 aromatic carbocycles. The highest BCUT2D eigenvalue weighted by Crippen LogP contribution is 2.34. The predicted octanol–water partition coefficient (Wildman–Crippen LogP) is 0.798. The van der Waals surface area contributed by atoms with Crippen LogP contribution in [0.1, 0.15) is 20.8 Å². The first kappa shape index (κ1) is 19.7. The molecular weight excluding hydrogens is 362 g/mol. The summed E-state index contributed by atoms with van der Waals surface area (Å²) in [5.41, 5.74) is 5.35. The summed E-state index contributed by atoms with van der Waals surface area (Å²) in [6, 6.07) is 4.94. The van der Waals surface area contributed by atoms with Crippen LogP contribution in [-0.2, 0) is 19.6 Å². The smallest absolute Gasteiger partial charge is 0.244 e. The third-order valence-corrected chi connectivity index (χ3v) is 7.39. The van der Waals surface area contributed by atoms with Crippen molar-refractivity contribution in [3.8, 4) is 0 Å². The van der Waals surface area contributed by atoms with Crippen LogP contribution in [-0.4, -0.2) is 48.9 Å². The van der Waals surface area contributed by atoms with E-state index in [0.29, 0.717) is 4.90 Å². The molecule has 9 heteroatoms. The number of nitrogens with zero attached hydrogens (tertiary/aromatic N) is 1. The molecule has 7 nitrogen and oxygen atoms in total. The number of likely N-dealkylation sites (N-methyl/N-ethyl adjacent to an activating group) is 1. The largest absolute Gasteiger partial charge is 0.368 e. The fraction of sp³-hybridized carbons (Fsp3) is 0.500. The summed E-state index contributed by atoms with van der Waals surface area (Å²) in [7, 11) is -3.80. The second-order valence-electron chi connectivity index (χ2n) is 6.11. The van der Waals surface area contributed by atoms with Gasteiger partial charge in [-0.25, -0.2) is 8.42 Å². The molecule has 0 unspecified atom stereocenters. The molecular formula is C16H23N3O4S2. The Labute approximate surface area is 152 Å². The zero-order valence-electron chi connectivity index (χ0n) is 14.4. The van der Waals surface area contributed by atoms with Crippen molar-refractivity contribution in [3.63, 3.8) is 0 Å². The van der Waals surface area contributed by atoms with Crippen molar-refractivity contribution in [2.75, 3.05) is 12.3 Å². The number of benzene rings is 1. The Balaban J connectivity index is 2.36. The van der Waals surface area contributed by atoms with Crippen molar-refractivity contribution in [3.05, 3.63) is 24.3 Å². The number of hydrogen-bond donors (Lipinski definition) is 2. The Morgan fingerprint density at radius 3 is 2.56 bits per heavy atom. The van der Waals surface area contributed by atoms with E-state index >= 15 is 0 Å². The van der Waals surface area contributed by atoms with Gasteiger partial charge >= 0.3 is 0 Å². The van der Waals surface area contributed by atoms with Crippen molar-refractivity contribution in [1.82, 2.24) is 9.62 Å². The van der Waals surface area contributed by atoms with Gasteiger partial charge in [-0.15, -0.1) is 11.8 Å². The highest BCUT2D eigenvalue weighted by Gasteiger charge is 2.39. The molecule has 0 bridgehead atoms. The summed E-state index contributed by atoms with van der Waals surface area (Å²) >= 11 is 1.31. The first-order chi connectivity index (χ1) is 11.7. The lowest BCUT2D eigenvalue weighted by Crippen LogP contribution is -2.56. The molecule has 25 heavy (non-hydrogen) atoms. The van der Waals surface area contributed by atoms with Gasteiger partial charge in [-0.3, -0.25) is 9.59 Å². The zero-order chi connectivity index (χ0) is 18.8. The predicted molar refractivity (Wildman–Crippen MR) is 96.5 cm³/mol. The molecule has 0 spiro atoms. The van der Waals surface area contributed by atoms with Gasteiger partial charge in [0, 0.05) is 17.2 Å². The minimum Gasteiger partial charge on any atom is -0.368 e. The Morgan fingerprint density at radius 2 is 2.00 bits per heavy atom. The lowest BCUT2D eigenvalue weighted by Gasteiger charge is -2.28. The Bertz CT molecular complexity index is 764. The fourth-order valence-corrected chi connectivity index (χ4v) is 6.05.